The lowest BCUT2D eigenvalue weighted by Gasteiger charge is -2.25. The molecule has 0 radical (unpaired) electrons. The largest absolute Gasteiger partial charge is 0.337 e. The Morgan fingerprint density at radius 3 is 2.69 bits per heavy atom. The number of carbonyl (C=O) groups excluding carboxylic acids is 1. The Morgan fingerprint density at radius 2 is 1.86 bits per heavy atom. The second kappa shape index (κ2) is 9.08. The Hall–Kier alpha value is -2.21. The van der Waals surface area contributed by atoms with Crippen LogP contribution in [0.25, 0.3) is 22.2 Å². The van der Waals surface area contributed by atoms with E-state index in [4.69, 9.17) is 4.98 Å². The first-order chi connectivity index (χ1) is 13.3. The summed E-state index contributed by atoms with van der Waals surface area (Å²) in [5.74, 6) is 0.105. The van der Waals surface area contributed by atoms with Crippen LogP contribution >= 0.6 is 24.8 Å². The number of fused-ring (bicyclic) bond motifs is 3. The number of para-hydroxylation sites is 1. The third-order valence-electron chi connectivity index (χ3n) is 5.71. The van der Waals surface area contributed by atoms with Crippen molar-refractivity contribution in [1.29, 1.82) is 0 Å². The highest BCUT2D eigenvalue weighted by atomic mass is 35.5. The molecule has 2 aliphatic rings. The third kappa shape index (κ3) is 4.22. The summed E-state index contributed by atoms with van der Waals surface area (Å²) < 4.78 is 0. The van der Waals surface area contributed by atoms with Crippen molar-refractivity contribution < 1.29 is 4.79 Å². The SMILES string of the molecule is Cl.Cl.O=C(c1cc(-c2cccnc2)nc2ccccc12)N1CCC2CCC(C1)N2. The molecular weight excluding hydrogens is 407 g/mol. The quantitative estimate of drug-likeness (QED) is 0.664. The first-order valence-electron chi connectivity index (χ1n) is 9.63. The van der Waals surface area contributed by atoms with Gasteiger partial charge in [-0.15, -0.1) is 24.8 Å². The van der Waals surface area contributed by atoms with E-state index in [1.165, 1.54) is 6.42 Å². The van der Waals surface area contributed by atoms with Crippen LogP contribution in [0.5, 0.6) is 0 Å². The Balaban J connectivity index is 0.00000120. The molecule has 0 spiro atoms. The number of likely N-dealkylation sites (tertiary alicyclic amines) is 1. The van der Waals surface area contributed by atoms with E-state index in [9.17, 15) is 4.79 Å². The number of amides is 1. The summed E-state index contributed by atoms with van der Waals surface area (Å²) in [5, 5.41) is 4.56. The molecule has 2 aromatic heterocycles. The van der Waals surface area contributed by atoms with Gasteiger partial charge in [0.1, 0.15) is 0 Å². The standard InChI is InChI=1S/C22H22N4O.2ClH/c27-22(26-11-9-16-7-8-17(14-26)24-16)19-12-21(15-4-3-10-23-13-15)25-20-6-2-1-5-18(19)20;;/h1-6,10,12-13,16-17,24H,7-9,11,14H2;2*1H. The van der Waals surface area contributed by atoms with Crippen LogP contribution < -0.4 is 5.32 Å². The minimum Gasteiger partial charge on any atom is -0.337 e. The molecule has 5 rings (SSSR count). The smallest absolute Gasteiger partial charge is 0.254 e. The van der Waals surface area contributed by atoms with Crippen LogP contribution in [0.15, 0.2) is 54.9 Å². The maximum absolute atomic E-state index is 13.5. The molecule has 2 fully saturated rings. The van der Waals surface area contributed by atoms with Gasteiger partial charge in [-0.25, -0.2) is 4.98 Å². The lowest BCUT2D eigenvalue weighted by Crippen LogP contribution is -2.39. The van der Waals surface area contributed by atoms with E-state index < -0.39 is 0 Å². The second-order valence-corrected chi connectivity index (χ2v) is 7.49. The van der Waals surface area contributed by atoms with Gasteiger partial charge < -0.3 is 10.2 Å². The number of hydrogen-bond donors (Lipinski definition) is 1. The highest BCUT2D eigenvalue weighted by Crippen LogP contribution is 2.27. The van der Waals surface area contributed by atoms with Gasteiger partial charge in [0.2, 0.25) is 0 Å². The van der Waals surface area contributed by atoms with Gasteiger partial charge in [-0.05, 0) is 43.5 Å². The van der Waals surface area contributed by atoms with E-state index in [0.29, 0.717) is 12.1 Å². The van der Waals surface area contributed by atoms with Crippen LogP contribution in [-0.4, -0.2) is 45.9 Å². The normalized spacial score (nSPS) is 20.5. The van der Waals surface area contributed by atoms with Gasteiger partial charge in [0.05, 0.1) is 16.8 Å². The molecule has 3 aromatic rings. The number of nitrogens with one attached hydrogen (secondary N) is 1. The van der Waals surface area contributed by atoms with Gasteiger partial charge >= 0.3 is 0 Å². The summed E-state index contributed by atoms with van der Waals surface area (Å²) in [6, 6.07) is 14.7. The number of benzene rings is 1. The number of hydrogen-bond acceptors (Lipinski definition) is 4. The molecule has 2 saturated heterocycles. The second-order valence-electron chi connectivity index (χ2n) is 7.49. The van der Waals surface area contributed by atoms with Crippen molar-refractivity contribution in [2.24, 2.45) is 0 Å². The summed E-state index contributed by atoms with van der Waals surface area (Å²) in [7, 11) is 0. The molecule has 2 atom stereocenters. The topological polar surface area (TPSA) is 58.1 Å². The molecule has 29 heavy (non-hydrogen) atoms. The van der Waals surface area contributed by atoms with Crippen LogP contribution in [0.4, 0.5) is 0 Å². The Bertz CT molecular complexity index is 999. The summed E-state index contributed by atoms with van der Waals surface area (Å²) >= 11 is 0. The number of aromatic nitrogens is 2. The van der Waals surface area contributed by atoms with Crippen LogP contribution in [-0.2, 0) is 0 Å². The third-order valence-corrected chi connectivity index (χ3v) is 5.71. The maximum Gasteiger partial charge on any atom is 0.254 e. The van der Waals surface area contributed by atoms with E-state index in [1.807, 2.05) is 47.4 Å². The van der Waals surface area contributed by atoms with Gasteiger partial charge in [-0.2, -0.15) is 0 Å². The minimum atomic E-state index is 0. The predicted molar refractivity (Wildman–Crippen MR) is 120 cm³/mol. The van der Waals surface area contributed by atoms with Crippen LogP contribution in [0.3, 0.4) is 0 Å². The maximum atomic E-state index is 13.5. The molecule has 2 unspecified atom stereocenters. The number of halogens is 2. The van der Waals surface area contributed by atoms with Crippen molar-refractivity contribution in [2.45, 2.75) is 31.3 Å². The number of pyridine rings is 2. The van der Waals surface area contributed by atoms with E-state index in [1.54, 1.807) is 12.4 Å². The summed E-state index contributed by atoms with van der Waals surface area (Å²) in [6.07, 6.45) is 6.96. The van der Waals surface area contributed by atoms with E-state index >= 15 is 0 Å². The highest BCUT2D eigenvalue weighted by molar-refractivity contribution is 6.07. The molecule has 0 aliphatic carbocycles. The van der Waals surface area contributed by atoms with Crippen molar-refractivity contribution in [2.75, 3.05) is 13.1 Å². The lowest BCUT2D eigenvalue weighted by molar-refractivity contribution is 0.0750. The van der Waals surface area contributed by atoms with Crippen molar-refractivity contribution >= 4 is 41.6 Å². The lowest BCUT2D eigenvalue weighted by atomic mass is 10.0. The number of nitrogens with zero attached hydrogens (tertiary/aromatic N) is 3. The Kier molecular flexibility index (Phi) is 6.73. The van der Waals surface area contributed by atoms with Gasteiger partial charge in [-0.3, -0.25) is 9.78 Å². The van der Waals surface area contributed by atoms with Gasteiger partial charge in [-0.1, -0.05) is 18.2 Å². The zero-order valence-electron chi connectivity index (χ0n) is 16.0. The number of carbonyl (C=O) groups is 1. The molecule has 7 heteroatoms. The molecule has 1 N–H and O–H groups in total. The molecular formula is C22H24Cl2N4O. The minimum absolute atomic E-state index is 0. The average Bonchev–Trinajstić information content (AvgIpc) is 3.06. The zero-order valence-corrected chi connectivity index (χ0v) is 17.6. The highest BCUT2D eigenvalue weighted by Gasteiger charge is 2.32. The van der Waals surface area contributed by atoms with Crippen LogP contribution in [0.1, 0.15) is 29.6 Å². The fraction of sp³-hybridized carbons (Fsp3) is 0.318. The molecule has 152 valence electrons. The number of rotatable bonds is 2. The van der Waals surface area contributed by atoms with Crippen molar-refractivity contribution in [3.63, 3.8) is 0 Å². The van der Waals surface area contributed by atoms with E-state index in [0.717, 1.165) is 53.7 Å². The summed E-state index contributed by atoms with van der Waals surface area (Å²) in [5.41, 5.74) is 3.29. The predicted octanol–water partition coefficient (Wildman–Crippen LogP) is 4.11. The first-order valence-corrected chi connectivity index (χ1v) is 9.63. The van der Waals surface area contributed by atoms with Crippen LogP contribution in [0.2, 0.25) is 0 Å². The molecule has 1 amide bonds. The summed E-state index contributed by atoms with van der Waals surface area (Å²) in [4.78, 5) is 24.5. The Labute approximate surface area is 182 Å². The fourth-order valence-electron chi connectivity index (χ4n) is 4.31. The average molecular weight is 431 g/mol. The fourth-order valence-corrected chi connectivity index (χ4v) is 4.31. The zero-order chi connectivity index (χ0) is 18.2. The summed E-state index contributed by atoms with van der Waals surface area (Å²) in [6.45, 7) is 1.60. The van der Waals surface area contributed by atoms with Crippen molar-refractivity contribution in [1.82, 2.24) is 20.2 Å². The van der Waals surface area contributed by atoms with Gasteiger partial charge in [0.15, 0.2) is 0 Å². The van der Waals surface area contributed by atoms with E-state index in [-0.39, 0.29) is 30.7 Å². The Morgan fingerprint density at radius 1 is 1.03 bits per heavy atom. The molecule has 0 saturated carbocycles. The molecule has 2 bridgehead atoms. The monoisotopic (exact) mass is 430 g/mol. The van der Waals surface area contributed by atoms with Gasteiger partial charge in [0, 0.05) is 48.5 Å². The molecule has 2 aliphatic heterocycles. The first kappa shape index (κ1) is 21.5. The van der Waals surface area contributed by atoms with Crippen LogP contribution in [0, 0.1) is 0 Å². The molecule has 5 nitrogen and oxygen atoms in total. The van der Waals surface area contributed by atoms with E-state index in [2.05, 4.69) is 10.3 Å². The van der Waals surface area contributed by atoms with Crippen molar-refractivity contribution in [3.05, 3.63) is 60.4 Å². The molecule has 4 heterocycles. The van der Waals surface area contributed by atoms with Gasteiger partial charge in [0.25, 0.3) is 5.91 Å². The van der Waals surface area contributed by atoms with Crippen molar-refractivity contribution in [3.8, 4) is 11.3 Å². The molecule has 1 aromatic carbocycles.